The van der Waals surface area contributed by atoms with Gasteiger partial charge in [-0.1, -0.05) is 15.9 Å². The van der Waals surface area contributed by atoms with E-state index in [-0.39, 0.29) is 5.95 Å². The van der Waals surface area contributed by atoms with Crippen molar-refractivity contribution >= 4 is 32.8 Å². The van der Waals surface area contributed by atoms with Gasteiger partial charge >= 0.3 is 0 Å². The van der Waals surface area contributed by atoms with Gasteiger partial charge in [0.15, 0.2) is 5.75 Å². The number of nitrogens with two attached hydrogens (primary N) is 1. The van der Waals surface area contributed by atoms with E-state index in [1.807, 2.05) is 24.4 Å². The number of nitrogens with zero attached hydrogens (tertiary/aromatic N) is 2. The Morgan fingerprint density at radius 2 is 2.04 bits per heavy atom. The summed E-state index contributed by atoms with van der Waals surface area (Å²) >= 11 is 3.50. The molecule has 0 aliphatic rings. The zero-order chi connectivity index (χ0) is 17.6. The number of fused-ring (bicyclic) bond motifs is 1. The van der Waals surface area contributed by atoms with Gasteiger partial charge in [-0.2, -0.15) is 0 Å². The third-order valence-corrected chi connectivity index (χ3v) is 4.08. The van der Waals surface area contributed by atoms with Gasteiger partial charge in [-0.15, -0.1) is 0 Å². The molecule has 7 nitrogen and oxygen atoms in total. The Morgan fingerprint density at radius 1 is 1.20 bits per heavy atom. The molecule has 0 bridgehead atoms. The molecule has 8 heteroatoms. The number of ether oxygens (including phenoxy) is 3. The largest absolute Gasteiger partial charge is 0.487 e. The van der Waals surface area contributed by atoms with Crippen LogP contribution in [-0.2, 0) is 9.47 Å². The van der Waals surface area contributed by atoms with Gasteiger partial charge in [-0.3, -0.25) is 0 Å². The molecule has 25 heavy (non-hydrogen) atoms. The molecule has 0 aliphatic heterocycles. The molecular weight excluding hydrogens is 388 g/mol. The van der Waals surface area contributed by atoms with Crippen LogP contribution >= 0.6 is 15.9 Å². The number of H-pyrrole nitrogens is 1. The van der Waals surface area contributed by atoms with E-state index in [1.165, 1.54) is 0 Å². The molecule has 0 fully saturated rings. The predicted molar refractivity (Wildman–Crippen MR) is 99.6 cm³/mol. The number of hydrogen-bond acceptors (Lipinski definition) is 6. The van der Waals surface area contributed by atoms with Crippen LogP contribution in [0.4, 0.5) is 5.95 Å². The van der Waals surface area contributed by atoms with Crippen LogP contribution in [0.1, 0.15) is 0 Å². The smallest absolute Gasteiger partial charge is 0.220 e. The van der Waals surface area contributed by atoms with E-state index < -0.39 is 0 Å². The van der Waals surface area contributed by atoms with Crippen molar-refractivity contribution in [2.45, 2.75) is 0 Å². The summed E-state index contributed by atoms with van der Waals surface area (Å²) in [6, 6.07) is 6.00. The Morgan fingerprint density at radius 3 is 2.88 bits per heavy atom. The second-order valence-electron chi connectivity index (χ2n) is 5.29. The molecule has 1 aromatic carbocycles. The zero-order valence-electron chi connectivity index (χ0n) is 13.8. The lowest BCUT2D eigenvalue weighted by atomic mass is 10.1. The molecule has 0 aliphatic carbocycles. The molecule has 0 atom stereocenters. The number of aromatic nitrogens is 3. The van der Waals surface area contributed by atoms with Gasteiger partial charge in [0.1, 0.15) is 12.3 Å². The predicted octanol–water partition coefficient (Wildman–Crippen LogP) is 3.01. The van der Waals surface area contributed by atoms with Crippen LogP contribution in [0.5, 0.6) is 5.75 Å². The van der Waals surface area contributed by atoms with Crippen molar-refractivity contribution in [3.05, 3.63) is 35.1 Å². The molecule has 0 spiro atoms. The summed E-state index contributed by atoms with van der Waals surface area (Å²) in [5.74, 6) is 0.758. The van der Waals surface area contributed by atoms with Crippen molar-refractivity contribution in [1.82, 2.24) is 15.0 Å². The Kier molecular flexibility index (Phi) is 5.85. The summed E-state index contributed by atoms with van der Waals surface area (Å²) in [6.07, 6.45) is 3.48. The van der Waals surface area contributed by atoms with E-state index in [4.69, 9.17) is 19.9 Å². The van der Waals surface area contributed by atoms with Crippen LogP contribution in [0.25, 0.3) is 22.2 Å². The second-order valence-corrected chi connectivity index (χ2v) is 6.20. The van der Waals surface area contributed by atoms with Gasteiger partial charge in [0, 0.05) is 34.2 Å². The normalized spacial score (nSPS) is 11.1. The van der Waals surface area contributed by atoms with Gasteiger partial charge < -0.3 is 24.9 Å². The van der Waals surface area contributed by atoms with E-state index in [2.05, 4.69) is 30.9 Å². The van der Waals surface area contributed by atoms with Gasteiger partial charge in [-0.25, -0.2) is 9.97 Å². The molecule has 2 heterocycles. The van der Waals surface area contributed by atoms with Crippen LogP contribution in [-0.4, -0.2) is 48.5 Å². The van der Waals surface area contributed by atoms with Gasteiger partial charge in [0.25, 0.3) is 0 Å². The number of rotatable bonds is 8. The molecule has 3 aromatic rings. The third kappa shape index (κ3) is 4.28. The van der Waals surface area contributed by atoms with E-state index in [1.54, 1.807) is 13.3 Å². The van der Waals surface area contributed by atoms with Crippen LogP contribution < -0.4 is 10.5 Å². The highest BCUT2D eigenvalue weighted by molar-refractivity contribution is 9.10. The number of benzene rings is 1. The SMILES string of the molecule is COCCOCCOc1cnc(N)nc1-c1c[nH]c2ccc(Br)cc12. The fraction of sp³-hybridized carbons (Fsp3) is 0.294. The van der Waals surface area contributed by atoms with Crippen LogP contribution in [0, 0.1) is 0 Å². The number of methoxy groups -OCH3 is 1. The highest BCUT2D eigenvalue weighted by Gasteiger charge is 2.15. The van der Waals surface area contributed by atoms with Crippen LogP contribution in [0.15, 0.2) is 35.1 Å². The van der Waals surface area contributed by atoms with E-state index >= 15 is 0 Å². The molecule has 0 unspecified atom stereocenters. The van der Waals surface area contributed by atoms with E-state index in [9.17, 15) is 0 Å². The number of aromatic amines is 1. The topological polar surface area (TPSA) is 95.3 Å². The molecule has 0 saturated heterocycles. The summed E-state index contributed by atoms with van der Waals surface area (Å²) in [7, 11) is 1.64. The van der Waals surface area contributed by atoms with E-state index in [0.717, 1.165) is 20.9 Å². The number of nitrogen functional groups attached to an aromatic ring is 1. The number of nitrogens with one attached hydrogen (secondary N) is 1. The first-order chi connectivity index (χ1) is 12.2. The van der Waals surface area contributed by atoms with Crippen molar-refractivity contribution < 1.29 is 14.2 Å². The summed E-state index contributed by atoms with van der Waals surface area (Å²) in [6.45, 7) is 1.92. The van der Waals surface area contributed by atoms with E-state index in [0.29, 0.717) is 37.9 Å². The van der Waals surface area contributed by atoms with Crippen molar-refractivity contribution in [1.29, 1.82) is 0 Å². The molecule has 0 amide bonds. The number of hydrogen-bond donors (Lipinski definition) is 2. The van der Waals surface area contributed by atoms with Crippen molar-refractivity contribution in [2.24, 2.45) is 0 Å². The van der Waals surface area contributed by atoms with Crippen molar-refractivity contribution in [2.75, 3.05) is 39.3 Å². The molecule has 3 rings (SSSR count). The van der Waals surface area contributed by atoms with Crippen LogP contribution in [0.2, 0.25) is 0 Å². The maximum atomic E-state index is 5.80. The fourth-order valence-corrected chi connectivity index (χ4v) is 2.79. The molecule has 132 valence electrons. The average Bonchev–Trinajstić information content (AvgIpc) is 3.02. The van der Waals surface area contributed by atoms with Crippen LogP contribution in [0.3, 0.4) is 0 Å². The molecule has 0 saturated carbocycles. The fourth-order valence-electron chi connectivity index (χ4n) is 2.43. The Hall–Kier alpha value is -2.16. The summed E-state index contributed by atoms with van der Waals surface area (Å²) in [5.41, 5.74) is 8.34. The maximum absolute atomic E-state index is 5.80. The lowest BCUT2D eigenvalue weighted by Crippen LogP contribution is -2.11. The Balaban J connectivity index is 1.82. The second kappa shape index (κ2) is 8.28. The lowest BCUT2D eigenvalue weighted by molar-refractivity contribution is 0.0544. The Bertz CT molecular complexity index is 853. The monoisotopic (exact) mass is 406 g/mol. The highest BCUT2D eigenvalue weighted by Crippen LogP contribution is 2.34. The first-order valence-corrected chi connectivity index (χ1v) is 8.57. The number of anilines is 1. The van der Waals surface area contributed by atoms with Gasteiger partial charge in [0.2, 0.25) is 5.95 Å². The standard InChI is InChI=1S/C17H19BrN4O3/c1-23-4-5-24-6-7-25-15-10-21-17(19)22-16(15)13-9-20-14-3-2-11(18)8-12(13)14/h2-3,8-10,20H,4-7H2,1H3,(H2,19,21,22). The minimum absolute atomic E-state index is 0.197. The molecular formula is C17H19BrN4O3. The maximum Gasteiger partial charge on any atom is 0.220 e. The minimum atomic E-state index is 0.197. The number of halogens is 1. The lowest BCUT2D eigenvalue weighted by Gasteiger charge is -2.11. The Labute approximate surface area is 153 Å². The first-order valence-electron chi connectivity index (χ1n) is 7.78. The minimum Gasteiger partial charge on any atom is -0.487 e. The summed E-state index contributed by atoms with van der Waals surface area (Å²) < 4.78 is 17.1. The molecule has 0 radical (unpaired) electrons. The van der Waals surface area contributed by atoms with Crippen molar-refractivity contribution in [3.63, 3.8) is 0 Å². The van der Waals surface area contributed by atoms with Gasteiger partial charge in [-0.05, 0) is 18.2 Å². The first kappa shape index (κ1) is 17.7. The molecule has 3 N–H and O–H groups in total. The summed E-state index contributed by atoms with van der Waals surface area (Å²) in [4.78, 5) is 11.6. The summed E-state index contributed by atoms with van der Waals surface area (Å²) in [5, 5.41) is 1.02. The highest BCUT2D eigenvalue weighted by atomic mass is 79.9. The van der Waals surface area contributed by atoms with Crippen molar-refractivity contribution in [3.8, 4) is 17.0 Å². The molecule has 2 aromatic heterocycles. The average molecular weight is 407 g/mol. The zero-order valence-corrected chi connectivity index (χ0v) is 15.4. The quantitative estimate of drug-likeness (QED) is 0.558. The van der Waals surface area contributed by atoms with Gasteiger partial charge in [0.05, 0.1) is 26.0 Å². The third-order valence-electron chi connectivity index (χ3n) is 3.59.